The fourth-order valence-corrected chi connectivity index (χ4v) is 3.33. The molecule has 1 heterocycles. The lowest BCUT2D eigenvalue weighted by Gasteiger charge is -2.27. The highest BCUT2D eigenvalue weighted by molar-refractivity contribution is 5.76. The van der Waals surface area contributed by atoms with Gasteiger partial charge in [-0.05, 0) is 44.9 Å². The highest BCUT2D eigenvalue weighted by Gasteiger charge is 2.18. The Balaban J connectivity index is 2.03. The van der Waals surface area contributed by atoms with Crippen LogP contribution in [0.4, 0.5) is 0 Å². The van der Waals surface area contributed by atoms with Crippen molar-refractivity contribution < 1.29 is 4.79 Å². The Labute approximate surface area is 159 Å². The number of nitrogens with zero attached hydrogens (tertiary/aromatic N) is 2. The van der Waals surface area contributed by atoms with Gasteiger partial charge in [0, 0.05) is 30.9 Å². The van der Waals surface area contributed by atoms with Gasteiger partial charge < -0.3 is 9.47 Å². The summed E-state index contributed by atoms with van der Waals surface area (Å²) >= 11 is 0. The van der Waals surface area contributed by atoms with Crippen molar-refractivity contribution in [2.75, 3.05) is 0 Å². The van der Waals surface area contributed by atoms with E-state index in [1.165, 1.54) is 29.7 Å². The monoisotopic (exact) mass is 354 g/mol. The average Bonchev–Trinajstić information content (AvgIpc) is 3.03. The predicted molar refractivity (Wildman–Crippen MR) is 109 cm³/mol. The maximum absolute atomic E-state index is 12.7. The zero-order valence-corrected chi connectivity index (χ0v) is 16.9. The number of rotatable bonds is 10. The lowest BCUT2D eigenvalue weighted by Crippen LogP contribution is -2.36. The molecule has 0 unspecified atom stereocenters. The summed E-state index contributed by atoms with van der Waals surface area (Å²) in [5, 5.41) is 0. The summed E-state index contributed by atoms with van der Waals surface area (Å²) in [7, 11) is 0. The highest BCUT2D eigenvalue weighted by Crippen LogP contribution is 2.15. The smallest absolute Gasteiger partial charge is 0.223 e. The molecule has 0 aliphatic rings. The van der Waals surface area contributed by atoms with Crippen LogP contribution in [-0.2, 0) is 17.9 Å². The molecule has 3 heteroatoms. The van der Waals surface area contributed by atoms with Crippen LogP contribution in [0, 0.1) is 6.92 Å². The first-order valence-electron chi connectivity index (χ1n) is 10.00. The molecular weight excluding hydrogens is 320 g/mol. The number of aryl methyl sites for hydroxylation is 1. The van der Waals surface area contributed by atoms with Crippen LogP contribution in [0.2, 0.25) is 0 Å². The minimum atomic E-state index is 0.219. The third kappa shape index (κ3) is 6.05. The Morgan fingerprint density at radius 2 is 1.92 bits per heavy atom. The molecule has 1 amide bonds. The lowest BCUT2D eigenvalue weighted by molar-refractivity contribution is -0.133. The molecule has 0 fully saturated rings. The summed E-state index contributed by atoms with van der Waals surface area (Å²) in [5.41, 5.74) is 3.77. The standard InChI is InChI=1S/C23H34N2O/c1-5-6-7-8-14-23(26)25(19(2)3)18-22-13-10-15-24(22)17-21-12-9-11-20(4)16-21/h9-13,15-16,19H,5-8,14,17-18H2,1-4H3. The fraction of sp³-hybridized carbons (Fsp3) is 0.522. The molecule has 0 aliphatic heterocycles. The molecule has 0 saturated carbocycles. The number of unbranched alkanes of at least 4 members (excludes halogenated alkanes) is 3. The van der Waals surface area contributed by atoms with E-state index in [9.17, 15) is 4.79 Å². The number of aromatic nitrogens is 1. The van der Waals surface area contributed by atoms with Crippen LogP contribution in [-0.4, -0.2) is 21.4 Å². The minimum absolute atomic E-state index is 0.219. The van der Waals surface area contributed by atoms with Crippen molar-refractivity contribution in [3.8, 4) is 0 Å². The molecule has 1 aromatic heterocycles. The average molecular weight is 355 g/mol. The second kappa shape index (κ2) is 10.2. The summed E-state index contributed by atoms with van der Waals surface area (Å²) in [5.74, 6) is 0.277. The van der Waals surface area contributed by atoms with Gasteiger partial charge >= 0.3 is 0 Å². The van der Waals surface area contributed by atoms with E-state index in [-0.39, 0.29) is 11.9 Å². The van der Waals surface area contributed by atoms with Crippen molar-refractivity contribution in [2.45, 2.75) is 78.9 Å². The van der Waals surface area contributed by atoms with E-state index in [4.69, 9.17) is 0 Å². The van der Waals surface area contributed by atoms with Crippen LogP contribution in [0.15, 0.2) is 42.6 Å². The second-order valence-corrected chi connectivity index (χ2v) is 7.54. The van der Waals surface area contributed by atoms with Gasteiger partial charge in [-0.25, -0.2) is 0 Å². The van der Waals surface area contributed by atoms with Crippen molar-refractivity contribution in [3.05, 3.63) is 59.4 Å². The maximum atomic E-state index is 12.7. The van der Waals surface area contributed by atoms with E-state index in [1.54, 1.807) is 0 Å². The van der Waals surface area contributed by atoms with Crippen LogP contribution < -0.4 is 0 Å². The largest absolute Gasteiger partial charge is 0.345 e. The van der Waals surface area contributed by atoms with Crippen LogP contribution in [0.25, 0.3) is 0 Å². The summed E-state index contributed by atoms with van der Waals surface area (Å²) < 4.78 is 2.26. The molecule has 3 nitrogen and oxygen atoms in total. The molecular formula is C23H34N2O. The van der Waals surface area contributed by atoms with E-state index in [2.05, 4.69) is 74.9 Å². The number of hydrogen-bond donors (Lipinski definition) is 0. The van der Waals surface area contributed by atoms with Crippen molar-refractivity contribution in [1.29, 1.82) is 0 Å². The summed E-state index contributed by atoms with van der Waals surface area (Å²) in [4.78, 5) is 14.7. The van der Waals surface area contributed by atoms with Crippen molar-refractivity contribution in [2.24, 2.45) is 0 Å². The Morgan fingerprint density at radius 1 is 1.12 bits per heavy atom. The van der Waals surface area contributed by atoms with Gasteiger partial charge in [0.2, 0.25) is 5.91 Å². The van der Waals surface area contributed by atoms with Crippen molar-refractivity contribution in [1.82, 2.24) is 9.47 Å². The van der Waals surface area contributed by atoms with Crippen LogP contribution >= 0.6 is 0 Å². The number of amides is 1. The van der Waals surface area contributed by atoms with Gasteiger partial charge in [0.05, 0.1) is 6.54 Å². The zero-order valence-electron chi connectivity index (χ0n) is 16.9. The fourth-order valence-electron chi connectivity index (χ4n) is 3.33. The van der Waals surface area contributed by atoms with Crippen LogP contribution in [0.3, 0.4) is 0 Å². The van der Waals surface area contributed by atoms with Crippen molar-refractivity contribution >= 4 is 5.91 Å². The van der Waals surface area contributed by atoms with E-state index in [0.29, 0.717) is 13.0 Å². The molecule has 0 aliphatic carbocycles. The Bertz CT molecular complexity index is 687. The van der Waals surface area contributed by atoms with Gasteiger partial charge in [0.1, 0.15) is 0 Å². The molecule has 26 heavy (non-hydrogen) atoms. The van der Waals surface area contributed by atoms with Gasteiger partial charge in [0.25, 0.3) is 0 Å². The Hall–Kier alpha value is -2.03. The first-order chi connectivity index (χ1) is 12.5. The van der Waals surface area contributed by atoms with Gasteiger partial charge in [-0.15, -0.1) is 0 Å². The summed E-state index contributed by atoms with van der Waals surface area (Å²) in [6, 6.07) is 13.0. The first kappa shape index (κ1) is 20.3. The lowest BCUT2D eigenvalue weighted by atomic mass is 10.1. The summed E-state index contributed by atoms with van der Waals surface area (Å²) in [6.45, 7) is 10.1. The maximum Gasteiger partial charge on any atom is 0.223 e. The van der Waals surface area contributed by atoms with Gasteiger partial charge in [-0.1, -0.05) is 56.0 Å². The van der Waals surface area contributed by atoms with E-state index in [0.717, 1.165) is 19.4 Å². The Kier molecular flexibility index (Phi) is 7.96. The van der Waals surface area contributed by atoms with E-state index in [1.807, 2.05) is 4.90 Å². The third-order valence-corrected chi connectivity index (χ3v) is 4.88. The second-order valence-electron chi connectivity index (χ2n) is 7.54. The molecule has 2 aromatic rings. The normalized spacial score (nSPS) is 11.1. The van der Waals surface area contributed by atoms with Crippen molar-refractivity contribution in [3.63, 3.8) is 0 Å². The van der Waals surface area contributed by atoms with Crippen LogP contribution in [0.5, 0.6) is 0 Å². The topological polar surface area (TPSA) is 25.2 Å². The first-order valence-corrected chi connectivity index (χ1v) is 10.00. The molecule has 0 atom stereocenters. The molecule has 0 radical (unpaired) electrons. The number of hydrogen-bond acceptors (Lipinski definition) is 1. The summed E-state index contributed by atoms with van der Waals surface area (Å²) in [6.07, 6.45) is 7.35. The highest BCUT2D eigenvalue weighted by atomic mass is 16.2. The van der Waals surface area contributed by atoms with E-state index < -0.39 is 0 Å². The quantitative estimate of drug-likeness (QED) is 0.513. The molecule has 2 rings (SSSR count). The van der Waals surface area contributed by atoms with E-state index >= 15 is 0 Å². The number of benzene rings is 1. The Morgan fingerprint density at radius 3 is 2.62 bits per heavy atom. The number of carbonyl (C=O) groups is 1. The molecule has 1 aromatic carbocycles. The van der Waals surface area contributed by atoms with Crippen LogP contribution in [0.1, 0.15) is 69.7 Å². The predicted octanol–water partition coefficient (Wildman–Crippen LogP) is 5.55. The zero-order chi connectivity index (χ0) is 18.9. The van der Waals surface area contributed by atoms with Gasteiger partial charge in [-0.3, -0.25) is 4.79 Å². The molecule has 0 spiro atoms. The SMILES string of the molecule is CCCCCCC(=O)N(Cc1cccn1Cc1cccc(C)c1)C(C)C. The van der Waals surface area contributed by atoms with Gasteiger partial charge in [-0.2, -0.15) is 0 Å². The minimum Gasteiger partial charge on any atom is -0.345 e. The molecule has 0 bridgehead atoms. The molecule has 0 saturated heterocycles. The van der Waals surface area contributed by atoms with Gasteiger partial charge in [0.15, 0.2) is 0 Å². The third-order valence-electron chi connectivity index (χ3n) is 4.88. The number of carbonyl (C=O) groups excluding carboxylic acids is 1. The molecule has 142 valence electrons. The molecule has 0 N–H and O–H groups in total.